The molecule has 0 aromatic rings. The van der Waals surface area contributed by atoms with E-state index in [0.29, 0.717) is 0 Å². The average molecular weight is 276 g/mol. The van der Waals surface area contributed by atoms with E-state index in [2.05, 4.69) is 5.32 Å². The zero-order valence-corrected chi connectivity index (χ0v) is 11.8. The molecule has 1 rings (SSSR count). The fourth-order valence-electron chi connectivity index (χ4n) is 1.98. The molecule has 1 aliphatic rings. The van der Waals surface area contributed by atoms with Gasteiger partial charge < -0.3 is 10.2 Å². The lowest BCUT2D eigenvalue weighted by molar-refractivity contribution is -0.147. The normalized spacial score (nSPS) is 22.8. The smallest absolute Gasteiger partial charge is 0.243 e. The van der Waals surface area contributed by atoms with Gasteiger partial charge in [0.05, 0.1) is 12.3 Å². The lowest BCUT2D eigenvalue weighted by atomic mass is 9.95. The minimum Gasteiger partial charge on any atom is -0.345 e. The van der Waals surface area contributed by atoms with E-state index in [1.807, 2.05) is 13.8 Å². The number of piperazine rings is 1. The average Bonchev–Trinajstić information content (AvgIpc) is 2.28. The van der Waals surface area contributed by atoms with Crippen molar-refractivity contribution in [2.75, 3.05) is 25.1 Å². The van der Waals surface area contributed by atoms with Gasteiger partial charge in [-0.15, -0.1) is 0 Å². The molecule has 0 bridgehead atoms. The van der Waals surface area contributed by atoms with Crippen molar-refractivity contribution in [3.63, 3.8) is 0 Å². The SMILES string of the molecule is CCC(C)C1C(=O)NCC(=O)N1CCS(C)(=O)=O. The summed E-state index contributed by atoms with van der Waals surface area (Å²) in [6.45, 7) is 3.86. The predicted molar refractivity (Wildman–Crippen MR) is 67.7 cm³/mol. The van der Waals surface area contributed by atoms with Crippen molar-refractivity contribution < 1.29 is 18.0 Å². The van der Waals surface area contributed by atoms with Crippen molar-refractivity contribution in [3.05, 3.63) is 0 Å². The van der Waals surface area contributed by atoms with Gasteiger partial charge in [-0.25, -0.2) is 8.42 Å². The number of carbonyl (C=O) groups is 2. The van der Waals surface area contributed by atoms with Crippen LogP contribution in [0.1, 0.15) is 20.3 Å². The Labute approximate surface area is 108 Å². The standard InChI is InChI=1S/C11H20N2O4S/c1-4-8(2)10-11(15)12-7-9(14)13(10)5-6-18(3,16)17/h8,10H,4-7H2,1-3H3,(H,12,15). The van der Waals surface area contributed by atoms with Gasteiger partial charge in [-0.2, -0.15) is 0 Å². The lowest BCUT2D eigenvalue weighted by Gasteiger charge is -2.37. The Morgan fingerprint density at radius 2 is 2.06 bits per heavy atom. The molecule has 1 fully saturated rings. The van der Waals surface area contributed by atoms with Crippen molar-refractivity contribution in [3.8, 4) is 0 Å². The highest BCUT2D eigenvalue weighted by Gasteiger charge is 2.37. The van der Waals surface area contributed by atoms with Gasteiger partial charge in [0.15, 0.2) is 0 Å². The molecular weight excluding hydrogens is 256 g/mol. The highest BCUT2D eigenvalue weighted by molar-refractivity contribution is 7.90. The van der Waals surface area contributed by atoms with E-state index in [9.17, 15) is 18.0 Å². The molecule has 1 saturated heterocycles. The van der Waals surface area contributed by atoms with E-state index in [1.54, 1.807) is 0 Å². The maximum Gasteiger partial charge on any atom is 0.243 e. The Morgan fingerprint density at radius 1 is 1.44 bits per heavy atom. The molecule has 2 unspecified atom stereocenters. The molecule has 1 heterocycles. The molecule has 0 radical (unpaired) electrons. The minimum absolute atomic E-state index is 0.00816. The summed E-state index contributed by atoms with van der Waals surface area (Å²) < 4.78 is 22.3. The summed E-state index contributed by atoms with van der Waals surface area (Å²) in [6.07, 6.45) is 1.88. The quantitative estimate of drug-likeness (QED) is 0.727. The summed E-state index contributed by atoms with van der Waals surface area (Å²) in [4.78, 5) is 25.0. The van der Waals surface area contributed by atoms with Gasteiger partial charge in [0.2, 0.25) is 11.8 Å². The monoisotopic (exact) mass is 276 g/mol. The third-order valence-electron chi connectivity index (χ3n) is 3.22. The van der Waals surface area contributed by atoms with Gasteiger partial charge in [0, 0.05) is 12.8 Å². The Kier molecular flexibility index (Phi) is 4.72. The lowest BCUT2D eigenvalue weighted by Crippen LogP contribution is -2.61. The van der Waals surface area contributed by atoms with Crippen LogP contribution in [0, 0.1) is 5.92 Å². The van der Waals surface area contributed by atoms with Crippen molar-refractivity contribution in [1.29, 1.82) is 0 Å². The molecule has 0 aliphatic carbocycles. The second-order valence-electron chi connectivity index (χ2n) is 4.77. The van der Waals surface area contributed by atoms with E-state index in [4.69, 9.17) is 0 Å². The second kappa shape index (κ2) is 5.69. The Hall–Kier alpha value is -1.11. The number of amides is 2. The fourth-order valence-corrected chi connectivity index (χ4v) is 2.51. The van der Waals surface area contributed by atoms with Crippen LogP contribution in [0.15, 0.2) is 0 Å². The molecule has 2 amide bonds. The Balaban J connectivity index is 2.86. The first-order valence-corrected chi connectivity index (χ1v) is 8.07. The molecule has 0 aromatic heterocycles. The van der Waals surface area contributed by atoms with Crippen molar-refractivity contribution in [2.45, 2.75) is 26.3 Å². The predicted octanol–water partition coefficient (Wildman–Crippen LogP) is -0.596. The highest BCUT2D eigenvalue weighted by atomic mass is 32.2. The molecule has 2 atom stereocenters. The summed E-state index contributed by atoms with van der Waals surface area (Å²) in [5, 5.41) is 2.54. The number of carbonyl (C=O) groups excluding carboxylic acids is 2. The molecule has 104 valence electrons. The van der Waals surface area contributed by atoms with Gasteiger partial charge in [0.1, 0.15) is 15.9 Å². The molecule has 0 spiro atoms. The molecule has 6 nitrogen and oxygen atoms in total. The van der Waals surface area contributed by atoms with Crippen LogP contribution in [0.2, 0.25) is 0 Å². The molecule has 0 aromatic carbocycles. The third kappa shape index (κ3) is 3.69. The number of rotatable bonds is 5. The number of sulfone groups is 1. The van der Waals surface area contributed by atoms with Gasteiger partial charge in [-0.1, -0.05) is 20.3 Å². The van der Waals surface area contributed by atoms with Crippen molar-refractivity contribution in [1.82, 2.24) is 10.2 Å². The zero-order chi connectivity index (χ0) is 13.9. The number of hydrogen-bond donors (Lipinski definition) is 1. The van der Waals surface area contributed by atoms with Crippen LogP contribution < -0.4 is 5.32 Å². The Bertz CT molecular complexity index is 432. The first kappa shape index (κ1) is 14.9. The third-order valence-corrected chi connectivity index (χ3v) is 4.15. The van der Waals surface area contributed by atoms with Gasteiger partial charge in [0.25, 0.3) is 0 Å². The molecule has 1 N–H and O–H groups in total. The molecular formula is C11H20N2O4S. The van der Waals surface area contributed by atoms with Crippen LogP contribution >= 0.6 is 0 Å². The summed E-state index contributed by atoms with van der Waals surface area (Å²) in [7, 11) is -3.15. The Morgan fingerprint density at radius 3 is 2.56 bits per heavy atom. The summed E-state index contributed by atoms with van der Waals surface area (Å²) in [5.41, 5.74) is 0. The van der Waals surface area contributed by atoms with Crippen LogP contribution in [0.25, 0.3) is 0 Å². The van der Waals surface area contributed by atoms with Crippen LogP contribution in [-0.2, 0) is 19.4 Å². The van der Waals surface area contributed by atoms with Gasteiger partial charge in [-0.05, 0) is 5.92 Å². The van der Waals surface area contributed by atoms with Crippen LogP contribution in [0.3, 0.4) is 0 Å². The van der Waals surface area contributed by atoms with Gasteiger partial charge in [-0.3, -0.25) is 9.59 Å². The molecule has 7 heteroatoms. The second-order valence-corrected chi connectivity index (χ2v) is 7.02. The van der Waals surface area contributed by atoms with E-state index in [1.165, 1.54) is 4.90 Å². The van der Waals surface area contributed by atoms with E-state index < -0.39 is 15.9 Å². The summed E-state index contributed by atoms with van der Waals surface area (Å²) in [5.74, 6) is -0.520. The maximum absolute atomic E-state index is 11.8. The largest absolute Gasteiger partial charge is 0.345 e. The number of hydrogen-bond acceptors (Lipinski definition) is 4. The maximum atomic E-state index is 11.8. The van der Waals surface area contributed by atoms with E-state index in [-0.39, 0.29) is 36.6 Å². The molecule has 18 heavy (non-hydrogen) atoms. The highest BCUT2D eigenvalue weighted by Crippen LogP contribution is 2.18. The molecule has 1 aliphatic heterocycles. The minimum atomic E-state index is -3.15. The van der Waals surface area contributed by atoms with Crippen molar-refractivity contribution >= 4 is 21.7 Å². The van der Waals surface area contributed by atoms with E-state index >= 15 is 0 Å². The number of nitrogens with zero attached hydrogens (tertiary/aromatic N) is 1. The van der Waals surface area contributed by atoms with Crippen LogP contribution in [0.5, 0.6) is 0 Å². The fraction of sp³-hybridized carbons (Fsp3) is 0.818. The van der Waals surface area contributed by atoms with E-state index in [0.717, 1.165) is 12.7 Å². The zero-order valence-electron chi connectivity index (χ0n) is 11.0. The first-order valence-electron chi connectivity index (χ1n) is 6.01. The number of nitrogens with one attached hydrogen (secondary N) is 1. The van der Waals surface area contributed by atoms with Crippen molar-refractivity contribution in [2.24, 2.45) is 5.92 Å². The molecule has 0 saturated carbocycles. The van der Waals surface area contributed by atoms with Crippen LogP contribution in [-0.4, -0.2) is 56.3 Å². The first-order chi connectivity index (χ1) is 8.26. The topological polar surface area (TPSA) is 83.6 Å². The summed E-state index contributed by atoms with van der Waals surface area (Å²) in [6, 6.07) is -0.557. The summed E-state index contributed by atoms with van der Waals surface area (Å²) >= 11 is 0. The van der Waals surface area contributed by atoms with Crippen LogP contribution in [0.4, 0.5) is 0 Å². The van der Waals surface area contributed by atoms with Gasteiger partial charge >= 0.3 is 0 Å².